The van der Waals surface area contributed by atoms with E-state index in [1.165, 1.54) is 0 Å². The summed E-state index contributed by atoms with van der Waals surface area (Å²) in [6, 6.07) is 26.6. The van der Waals surface area contributed by atoms with E-state index in [0.29, 0.717) is 29.8 Å². The van der Waals surface area contributed by atoms with Crippen molar-refractivity contribution < 1.29 is 29.0 Å². The second-order valence-corrected chi connectivity index (χ2v) is 14.2. The first-order valence-corrected chi connectivity index (χ1v) is 19.1. The van der Waals surface area contributed by atoms with Gasteiger partial charge in [0.25, 0.3) is 11.8 Å². The third-order valence-corrected chi connectivity index (χ3v) is 10.8. The molecule has 6 aromatic rings. The lowest BCUT2D eigenvalue weighted by Gasteiger charge is -2.26. The number of benzene rings is 4. The molecule has 0 radical (unpaired) electrons. The third-order valence-electron chi connectivity index (χ3n) is 10.8. The molecule has 2 aromatic heterocycles. The van der Waals surface area contributed by atoms with Crippen molar-refractivity contribution in [2.45, 2.75) is 50.8 Å². The van der Waals surface area contributed by atoms with Gasteiger partial charge in [-0.1, -0.05) is 36.4 Å². The van der Waals surface area contributed by atoms with Crippen LogP contribution < -0.4 is 9.47 Å². The van der Waals surface area contributed by atoms with Crippen LogP contribution in [0.4, 0.5) is 0 Å². The van der Waals surface area contributed by atoms with Gasteiger partial charge in [0.2, 0.25) is 0 Å². The Bertz CT molecular complexity index is 2320. The number of aliphatic hydroxyl groups is 1. The minimum atomic E-state index is -0.694. The summed E-state index contributed by atoms with van der Waals surface area (Å²) in [5, 5.41) is 23.7. The zero-order valence-electron chi connectivity index (χ0n) is 32.2. The number of rotatable bonds is 10. The second-order valence-electron chi connectivity index (χ2n) is 14.2. The molecule has 0 aliphatic carbocycles. The topological polar surface area (TPSA) is 154 Å². The number of H-pyrrole nitrogens is 2. The number of methoxy groups -OCH3 is 2. The van der Waals surface area contributed by atoms with Crippen molar-refractivity contribution in [1.82, 2.24) is 30.2 Å². The first-order chi connectivity index (χ1) is 27.8. The van der Waals surface area contributed by atoms with E-state index in [9.17, 15) is 19.5 Å². The normalized spacial score (nSPS) is 16.8. The molecule has 2 aliphatic heterocycles. The SMILES string of the molecule is COc1cccc(C2CCCN2C(=O)c2ccc(-c3cn[nH]c3)c(C(C)O)c2)c1.COc1cccc(C2CCCN2C(=O)c2ccc(-c3cn[nH]c3)c(C=O)c2)c1. The highest BCUT2D eigenvalue weighted by Crippen LogP contribution is 2.37. The van der Waals surface area contributed by atoms with Crippen LogP contribution >= 0.6 is 0 Å². The molecule has 2 amide bonds. The Balaban J connectivity index is 0.000000174. The highest BCUT2D eigenvalue weighted by atomic mass is 16.5. The van der Waals surface area contributed by atoms with Crippen LogP contribution in [0.2, 0.25) is 0 Å². The monoisotopic (exact) mass is 766 g/mol. The maximum atomic E-state index is 13.4. The highest BCUT2D eigenvalue weighted by Gasteiger charge is 2.32. The van der Waals surface area contributed by atoms with E-state index in [-0.39, 0.29) is 23.9 Å². The molecule has 2 aliphatic rings. The molecule has 8 rings (SSSR count). The molecule has 0 saturated carbocycles. The average molecular weight is 767 g/mol. The zero-order chi connectivity index (χ0) is 39.9. The molecule has 3 N–H and O–H groups in total. The summed E-state index contributed by atoms with van der Waals surface area (Å²) in [6.45, 7) is 3.12. The van der Waals surface area contributed by atoms with E-state index in [1.807, 2.05) is 70.5 Å². The number of carbonyl (C=O) groups is 3. The fraction of sp³-hybridized carbons (Fsp3) is 0.267. The first-order valence-electron chi connectivity index (χ1n) is 19.1. The van der Waals surface area contributed by atoms with Crippen molar-refractivity contribution in [1.29, 1.82) is 0 Å². The lowest BCUT2D eigenvalue weighted by atomic mass is 9.95. The van der Waals surface area contributed by atoms with E-state index >= 15 is 0 Å². The van der Waals surface area contributed by atoms with Gasteiger partial charge >= 0.3 is 0 Å². The fourth-order valence-corrected chi connectivity index (χ4v) is 7.90. The average Bonchev–Trinajstić information content (AvgIpc) is 4.11. The maximum absolute atomic E-state index is 13.4. The number of aromatic amines is 2. The Labute approximate surface area is 331 Å². The Morgan fingerprint density at radius 3 is 1.72 bits per heavy atom. The summed E-state index contributed by atoms with van der Waals surface area (Å²) < 4.78 is 10.7. The summed E-state index contributed by atoms with van der Waals surface area (Å²) in [4.78, 5) is 42.0. The van der Waals surface area contributed by atoms with Crippen LogP contribution in [0, 0.1) is 0 Å². The van der Waals surface area contributed by atoms with E-state index < -0.39 is 6.10 Å². The van der Waals surface area contributed by atoms with Gasteiger partial charge in [0.1, 0.15) is 11.5 Å². The van der Waals surface area contributed by atoms with Crippen molar-refractivity contribution >= 4 is 18.1 Å². The van der Waals surface area contributed by atoms with Crippen LogP contribution in [-0.2, 0) is 0 Å². The molecule has 2 fully saturated rings. The van der Waals surface area contributed by atoms with Crippen molar-refractivity contribution in [3.63, 3.8) is 0 Å². The Hall–Kier alpha value is -6.53. The zero-order valence-corrected chi connectivity index (χ0v) is 32.2. The molecule has 57 heavy (non-hydrogen) atoms. The van der Waals surface area contributed by atoms with E-state index in [0.717, 1.165) is 82.4 Å². The molecule has 12 heteroatoms. The number of nitrogens with one attached hydrogen (secondary N) is 2. The summed E-state index contributed by atoms with van der Waals surface area (Å²) in [5.41, 5.74) is 7.77. The van der Waals surface area contributed by atoms with Gasteiger partial charge in [-0.25, -0.2) is 0 Å². The fourth-order valence-electron chi connectivity index (χ4n) is 7.90. The number of amides is 2. The number of aliphatic hydroxyl groups excluding tert-OH is 1. The van der Waals surface area contributed by atoms with Gasteiger partial charge in [0.05, 0.1) is 44.8 Å². The van der Waals surface area contributed by atoms with Crippen LogP contribution in [0.25, 0.3) is 22.3 Å². The Morgan fingerprint density at radius 2 is 1.25 bits per heavy atom. The van der Waals surface area contributed by atoms with Crippen LogP contribution in [0.1, 0.15) is 98.6 Å². The van der Waals surface area contributed by atoms with E-state index in [1.54, 1.807) is 70.2 Å². The summed E-state index contributed by atoms with van der Waals surface area (Å²) >= 11 is 0. The lowest BCUT2D eigenvalue weighted by molar-refractivity contribution is 0.0727. The highest BCUT2D eigenvalue weighted by molar-refractivity contribution is 5.98. The predicted molar refractivity (Wildman–Crippen MR) is 216 cm³/mol. The Kier molecular flexibility index (Phi) is 11.9. The van der Waals surface area contributed by atoms with Gasteiger partial charge in [-0.15, -0.1) is 0 Å². The van der Waals surface area contributed by atoms with Crippen molar-refractivity contribution in [2.75, 3.05) is 27.3 Å². The summed E-state index contributed by atoms with van der Waals surface area (Å²) in [6.07, 6.45) is 10.7. The van der Waals surface area contributed by atoms with Gasteiger partial charge in [-0.2, -0.15) is 10.2 Å². The minimum Gasteiger partial charge on any atom is -0.497 e. The quantitative estimate of drug-likeness (QED) is 0.119. The first kappa shape index (κ1) is 38.7. The van der Waals surface area contributed by atoms with E-state index in [2.05, 4.69) is 20.4 Å². The minimum absolute atomic E-state index is 0.0100. The molecule has 0 bridgehead atoms. The molecular formula is C45H46N6O6. The largest absolute Gasteiger partial charge is 0.497 e. The molecular weight excluding hydrogens is 721 g/mol. The summed E-state index contributed by atoms with van der Waals surface area (Å²) in [5.74, 6) is 1.50. The molecule has 292 valence electrons. The number of nitrogens with zero attached hydrogens (tertiary/aromatic N) is 4. The number of hydrogen-bond donors (Lipinski definition) is 3. The number of likely N-dealkylation sites (tertiary alicyclic amines) is 2. The number of aldehydes is 1. The van der Waals surface area contributed by atoms with Crippen LogP contribution in [0.5, 0.6) is 11.5 Å². The van der Waals surface area contributed by atoms with Gasteiger partial charge < -0.3 is 24.4 Å². The molecule has 12 nitrogen and oxygen atoms in total. The van der Waals surface area contributed by atoms with Gasteiger partial charge in [-0.3, -0.25) is 24.6 Å². The number of carbonyl (C=O) groups excluding carboxylic acids is 3. The number of aromatic nitrogens is 4. The van der Waals surface area contributed by atoms with Crippen molar-refractivity contribution in [3.05, 3.63) is 143 Å². The molecule has 4 heterocycles. The standard InChI is InChI=1S/C23H25N3O3.C22H21N3O3/c1-15(27)21-12-17(8-9-20(21)18-13-24-25-14-18)23(28)26-10-4-7-22(26)16-5-3-6-19(11-16)29-2;1-28-19-5-2-4-15(11-19)21-6-3-9-25(21)22(27)16-7-8-20(17(10-16)14-26)18-12-23-24-13-18/h3,5-6,8-9,11-15,22,27H,4,7,10H2,1-2H3,(H,24,25);2,4-5,7-8,10-14,21H,3,6,9H2,1H3,(H,23,24). The summed E-state index contributed by atoms with van der Waals surface area (Å²) in [7, 11) is 3.29. The Morgan fingerprint density at radius 1 is 0.737 bits per heavy atom. The van der Waals surface area contributed by atoms with Gasteiger partial charge in [-0.05, 0) is 109 Å². The lowest BCUT2D eigenvalue weighted by Crippen LogP contribution is -2.30. The molecule has 2 saturated heterocycles. The number of ether oxygens (including phenoxy) is 2. The van der Waals surface area contributed by atoms with Crippen LogP contribution in [0.3, 0.4) is 0 Å². The second kappa shape index (κ2) is 17.5. The molecule has 3 atom stereocenters. The number of hydrogen-bond acceptors (Lipinski definition) is 8. The molecule has 0 spiro atoms. The molecule has 3 unspecified atom stereocenters. The van der Waals surface area contributed by atoms with Crippen LogP contribution in [-0.4, -0.2) is 80.7 Å². The van der Waals surface area contributed by atoms with Crippen molar-refractivity contribution in [2.24, 2.45) is 0 Å². The van der Waals surface area contributed by atoms with Crippen molar-refractivity contribution in [3.8, 4) is 33.8 Å². The predicted octanol–water partition coefficient (Wildman–Crippen LogP) is 7.99. The van der Waals surface area contributed by atoms with Gasteiger partial charge in [0.15, 0.2) is 6.29 Å². The molecule has 4 aromatic carbocycles. The smallest absolute Gasteiger partial charge is 0.254 e. The van der Waals surface area contributed by atoms with Crippen LogP contribution in [0.15, 0.2) is 110 Å². The van der Waals surface area contributed by atoms with E-state index in [4.69, 9.17) is 9.47 Å². The van der Waals surface area contributed by atoms with Gasteiger partial charge in [0, 0.05) is 53.3 Å². The third kappa shape index (κ3) is 8.36. The maximum Gasteiger partial charge on any atom is 0.254 e.